The van der Waals surface area contributed by atoms with Crippen LogP contribution in [0, 0.1) is 6.92 Å². The van der Waals surface area contributed by atoms with Gasteiger partial charge >= 0.3 is 0 Å². The van der Waals surface area contributed by atoms with E-state index >= 15 is 0 Å². The maximum Gasteiger partial charge on any atom is 0.132 e. The fourth-order valence-corrected chi connectivity index (χ4v) is 1.73. The minimum atomic E-state index is 0.788. The highest BCUT2D eigenvalue weighted by Crippen LogP contribution is 2.26. The molecule has 3 heteroatoms. The quantitative estimate of drug-likeness (QED) is 0.780. The van der Waals surface area contributed by atoms with Gasteiger partial charge in [0.15, 0.2) is 0 Å². The Morgan fingerprint density at radius 2 is 2.00 bits per heavy atom. The Morgan fingerprint density at radius 1 is 1.19 bits per heavy atom. The molecule has 0 unspecified atom stereocenters. The number of nitrogen functional groups attached to an aromatic ring is 1. The number of anilines is 3. The van der Waals surface area contributed by atoms with E-state index < -0.39 is 0 Å². The van der Waals surface area contributed by atoms with E-state index in [4.69, 9.17) is 5.73 Å². The molecule has 1 aromatic carbocycles. The number of hydrogen-bond donors (Lipinski definition) is 1. The van der Waals surface area contributed by atoms with Crippen molar-refractivity contribution < 1.29 is 0 Å². The minimum absolute atomic E-state index is 0.788. The van der Waals surface area contributed by atoms with Gasteiger partial charge in [0.05, 0.1) is 0 Å². The number of aromatic nitrogens is 1. The summed E-state index contributed by atoms with van der Waals surface area (Å²) in [7, 11) is 2.00. The van der Waals surface area contributed by atoms with E-state index in [0.717, 1.165) is 22.8 Å². The second kappa shape index (κ2) is 4.23. The zero-order valence-electron chi connectivity index (χ0n) is 9.51. The van der Waals surface area contributed by atoms with E-state index in [9.17, 15) is 0 Å². The molecule has 0 aliphatic carbocycles. The van der Waals surface area contributed by atoms with Gasteiger partial charge in [-0.3, -0.25) is 0 Å². The van der Waals surface area contributed by atoms with Crippen LogP contribution in [0.4, 0.5) is 17.2 Å². The van der Waals surface area contributed by atoms with Crippen molar-refractivity contribution in [3.05, 3.63) is 48.2 Å². The van der Waals surface area contributed by atoms with Gasteiger partial charge in [0.2, 0.25) is 0 Å². The third-order valence-corrected chi connectivity index (χ3v) is 2.58. The molecule has 0 bridgehead atoms. The molecular formula is C13H15N3. The predicted molar refractivity (Wildman–Crippen MR) is 67.9 cm³/mol. The Bertz CT molecular complexity index is 480. The van der Waals surface area contributed by atoms with Crippen LogP contribution >= 0.6 is 0 Å². The van der Waals surface area contributed by atoms with Crippen LogP contribution in [0.1, 0.15) is 5.56 Å². The van der Waals surface area contributed by atoms with Crippen LogP contribution in [0.5, 0.6) is 0 Å². The maximum atomic E-state index is 5.73. The van der Waals surface area contributed by atoms with Crippen LogP contribution in [0.3, 0.4) is 0 Å². The van der Waals surface area contributed by atoms with Gasteiger partial charge in [-0.25, -0.2) is 4.98 Å². The third-order valence-electron chi connectivity index (χ3n) is 2.58. The van der Waals surface area contributed by atoms with E-state index in [1.807, 2.05) is 50.4 Å². The molecule has 1 heterocycles. The number of hydrogen-bond acceptors (Lipinski definition) is 3. The van der Waals surface area contributed by atoms with Crippen molar-refractivity contribution >= 4 is 17.2 Å². The van der Waals surface area contributed by atoms with Crippen molar-refractivity contribution in [2.75, 3.05) is 17.7 Å². The normalized spacial score (nSPS) is 10.1. The first kappa shape index (κ1) is 10.5. The topological polar surface area (TPSA) is 42.1 Å². The molecule has 2 aromatic rings. The highest BCUT2D eigenvalue weighted by Gasteiger charge is 2.07. The van der Waals surface area contributed by atoms with Crippen LogP contribution in [0.2, 0.25) is 0 Å². The largest absolute Gasteiger partial charge is 0.399 e. The van der Waals surface area contributed by atoms with Crippen molar-refractivity contribution in [2.45, 2.75) is 6.92 Å². The molecule has 0 amide bonds. The fourth-order valence-electron chi connectivity index (χ4n) is 1.73. The zero-order valence-corrected chi connectivity index (χ0v) is 9.51. The van der Waals surface area contributed by atoms with Crippen molar-refractivity contribution in [2.24, 2.45) is 0 Å². The molecule has 82 valence electrons. The van der Waals surface area contributed by atoms with Crippen molar-refractivity contribution in [1.82, 2.24) is 4.98 Å². The van der Waals surface area contributed by atoms with Gasteiger partial charge in [0.25, 0.3) is 0 Å². The van der Waals surface area contributed by atoms with Crippen molar-refractivity contribution in [3.8, 4) is 0 Å². The van der Waals surface area contributed by atoms with Gasteiger partial charge in [0.1, 0.15) is 5.82 Å². The zero-order chi connectivity index (χ0) is 11.5. The molecule has 0 atom stereocenters. The Hall–Kier alpha value is -2.03. The first-order valence-electron chi connectivity index (χ1n) is 5.19. The van der Waals surface area contributed by atoms with E-state index in [0.29, 0.717) is 0 Å². The number of benzene rings is 1. The smallest absolute Gasteiger partial charge is 0.132 e. The lowest BCUT2D eigenvalue weighted by Gasteiger charge is -2.20. The second-order valence-electron chi connectivity index (χ2n) is 3.79. The molecule has 1 aromatic heterocycles. The third kappa shape index (κ3) is 1.98. The van der Waals surface area contributed by atoms with Gasteiger partial charge in [-0.1, -0.05) is 6.07 Å². The average molecular weight is 213 g/mol. The SMILES string of the molecule is Cc1cc(N)ccc1N(C)c1ccccn1. The Labute approximate surface area is 95.5 Å². The summed E-state index contributed by atoms with van der Waals surface area (Å²) < 4.78 is 0. The summed E-state index contributed by atoms with van der Waals surface area (Å²) in [5, 5.41) is 0. The molecule has 3 nitrogen and oxygen atoms in total. The van der Waals surface area contributed by atoms with Crippen LogP contribution in [-0.4, -0.2) is 12.0 Å². The Balaban J connectivity index is 2.38. The number of aryl methyl sites for hydroxylation is 1. The van der Waals surface area contributed by atoms with Gasteiger partial charge in [-0.15, -0.1) is 0 Å². The van der Waals surface area contributed by atoms with Gasteiger partial charge in [-0.05, 0) is 42.8 Å². The molecule has 2 rings (SSSR count). The summed E-state index contributed by atoms with van der Waals surface area (Å²) in [5.41, 5.74) is 8.78. The van der Waals surface area contributed by atoms with Gasteiger partial charge < -0.3 is 10.6 Å². The monoisotopic (exact) mass is 213 g/mol. The van der Waals surface area contributed by atoms with E-state index in [-0.39, 0.29) is 0 Å². The molecule has 0 aliphatic rings. The molecule has 0 saturated heterocycles. The second-order valence-corrected chi connectivity index (χ2v) is 3.79. The Morgan fingerprint density at radius 3 is 2.62 bits per heavy atom. The summed E-state index contributed by atoms with van der Waals surface area (Å²) >= 11 is 0. The van der Waals surface area contributed by atoms with E-state index in [2.05, 4.69) is 9.88 Å². The maximum absolute atomic E-state index is 5.73. The highest BCUT2D eigenvalue weighted by molar-refractivity contribution is 5.65. The van der Waals surface area contributed by atoms with E-state index in [1.54, 1.807) is 6.20 Å². The molecule has 0 saturated carbocycles. The van der Waals surface area contributed by atoms with Gasteiger partial charge in [0, 0.05) is 24.6 Å². The molecule has 0 spiro atoms. The summed E-state index contributed by atoms with van der Waals surface area (Å²) in [5.74, 6) is 0.926. The first-order chi connectivity index (χ1) is 7.68. The van der Waals surface area contributed by atoms with Crippen LogP contribution in [0.25, 0.3) is 0 Å². The Kier molecular flexibility index (Phi) is 2.77. The van der Waals surface area contributed by atoms with E-state index in [1.165, 1.54) is 0 Å². The molecular weight excluding hydrogens is 198 g/mol. The van der Waals surface area contributed by atoms with Crippen LogP contribution < -0.4 is 10.6 Å². The number of rotatable bonds is 2. The standard InChI is InChI=1S/C13H15N3/c1-10-9-11(14)6-7-12(10)16(2)13-5-3-4-8-15-13/h3-9H,14H2,1-2H3. The summed E-state index contributed by atoms with van der Waals surface area (Å²) in [6.45, 7) is 2.05. The lowest BCUT2D eigenvalue weighted by Crippen LogP contribution is -2.12. The molecule has 0 radical (unpaired) electrons. The summed E-state index contributed by atoms with van der Waals surface area (Å²) in [6, 6.07) is 11.8. The van der Waals surface area contributed by atoms with Crippen molar-refractivity contribution in [1.29, 1.82) is 0 Å². The number of nitrogens with zero attached hydrogens (tertiary/aromatic N) is 2. The number of nitrogens with two attached hydrogens (primary N) is 1. The molecule has 0 fully saturated rings. The predicted octanol–water partition coefficient (Wildman–Crippen LogP) is 2.74. The highest BCUT2D eigenvalue weighted by atomic mass is 15.2. The molecule has 2 N–H and O–H groups in total. The van der Waals surface area contributed by atoms with Crippen LogP contribution in [0.15, 0.2) is 42.6 Å². The first-order valence-corrected chi connectivity index (χ1v) is 5.19. The van der Waals surface area contributed by atoms with Gasteiger partial charge in [-0.2, -0.15) is 0 Å². The fraction of sp³-hybridized carbons (Fsp3) is 0.154. The average Bonchev–Trinajstić information content (AvgIpc) is 2.29. The lowest BCUT2D eigenvalue weighted by atomic mass is 10.1. The van der Waals surface area contributed by atoms with Crippen molar-refractivity contribution in [3.63, 3.8) is 0 Å². The van der Waals surface area contributed by atoms with Crippen LogP contribution in [-0.2, 0) is 0 Å². The number of pyridine rings is 1. The lowest BCUT2D eigenvalue weighted by molar-refractivity contribution is 1.11. The summed E-state index contributed by atoms with van der Waals surface area (Å²) in [4.78, 5) is 6.36. The minimum Gasteiger partial charge on any atom is -0.399 e. The summed E-state index contributed by atoms with van der Waals surface area (Å²) in [6.07, 6.45) is 1.79. The molecule has 0 aliphatic heterocycles. The molecule has 16 heavy (non-hydrogen) atoms.